The Balaban J connectivity index is 2.19. The molecule has 0 amide bonds. The Hall–Kier alpha value is -1.70. The van der Waals surface area contributed by atoms with Crippen molar-refractivity contribution in [2.45, 2.75) is 25.6 Å². The molecule has 2 unspecified atom stereocenters. The summed E-state index contributed by atoms with van der Waals surface area (Å²) < 4.78 is 19.9. The van der Waals surface area contributed by atoms with Crippen LogP contribution < -0.4 is 5.73 Å². The fourth-order valence-electron chi connectivity index (χ4n) is 2.38. The largest absolute Gasteiger partial charge is 0.409 e. The molecule has 0 bridgehead atoms. The zero-order chi connectivity index (χ0) is 15.4. The molecule has 21 heavy (non-hydrogen) atoms. The summed E-state index contributed by atoms with van der Waals surface area (Å²) in [5.74, 6) is -0.746. The number of halogens is 1. The molecule has 1 aromatic rings. The van der Waals surface area contributed by atoms with Crippen molar-refractivity contribution in [1.82, 2.24) is 4.90 Å². The van der Waals surface area contributed by atoms with E-state index in [0.29, 0.717) is 25.3 Å². The van der Waals surface area contributed by atoms with Crippen LogP contribution in [0.5, 0.6) is 0 Å². The second kappa shape index (κ2) is 6.84. The highest BCUT2D eigenvalue weighted by Gasteiger charge is 2.26. The van der Waals surface area contributed by atoms with Crippen molar-refractivity contribution >= 4 is 5.84 Å². The Bertz CT molecular complexity index is 524. The summed E-state index contributed by atoms with van der Waals surface area (Å²) >= 11 is 0. The normalized spacial score (nSPS) is 24.2. The second-order valence-corrected chi connectivity index (χ2v) is 5.18. The van der Waals surface area contributed by atoms with Crippen molar-refractivity contribution in [2.24, 2.45) is 10.9 Å². The lowest BCUT2D eigenvalue weighted by molar-refractivity contribution is -0.0807. The molecule has 2 atom stereocenters. The lowest BCUT2D eigenvalue weighted by atomic mass is 10.1. The molecule has 2 rings (SSSR count). The summed E-state index contributed by atoms with van der Waals surface area (Å²) in [5.41, 5.74) is 6.00. The molecule has 1 saturated heterocycles. The van der Waals surface area contributed by atoms with Gasteiger partial charge in [0.05, 0.1) is 24.9 Å². The van der Waals surface area contributed by atoms with Crippen molar-refractivity contribution in [2.75, 3.05) is 19.8 Å². The predicted molar refractivity (Wildman–Crippen MR) is 75.6 cm³/mol. The number of nitrogens with zero attached hydrogens (tertiary/aromatic N) is 2. The summed E-state index contributed by atoms with van der Waals surface area (Å²) in [6, 6.07) is 4.92. The van der Waals surface area contributed by atoms with E-state index in [1.165, 1.54) is 6.07 Å². The van der Waals surface area contributed by atoms with Crippen LogP contribution in [-0.2, 0) is 11.3 Å². The minimum atomic E-state index is -0.493. The summed E-state index contributed by atoms with van der Waals surface area (Å²) in [5, 5.41) is 20.7. The smallest absolute Gasteiger partial charge is 0.173 e. The van der Waals surface area contributed by atoms with Crippen LogP contribution in [0.3, 0.4) is 0 Å². The number of hydrogen-bond donors (Lipinski definition) is 3. The van der Waals surface area contributed by atoms with Gasteiger partial charge in [-0.15, -0.1) is 0 Å². The first-order valence-corrected chi connectivity index (χ1v) is 6.78. The van der Waals surface area contributed by atoms with Crippen LogP contribution in [0.4, 0.5) is 4.39 Å². The molecule has 0 aromatic heterocycles. The average molecular weight is 297 g/mol. The van der Waals surface area contributed by atoms with E-state index in [0.717, 1.165) is 0 Å². The van der Waals surface area contributed by atoms with Gasteiger partial charge in [-0.1, -0.05) is 17.3 Å². The van der Waals surface area contributed by atoms with Gasteiger partial charge >= 0.3 is 0 Å². The number of amidine groups is 1. The maximum atomic E-state index is 14.4. The number of ether oxygens (including phenoxy) is 1. The van der Waals surface area contributed by atoms with Gasteiger partial charge in [-0.2, -0.15) is 0 Å². The number of nitrogens with two attached hydrogens (primary N) is 1. The van der Waals surface area contributed by atoms with Crippen molar-refractivity contribution in [3.8, 4) is 0 Å². The predicted octanol–water partition coefficient (Wildman–Crippen LogP) is 0.502. The molecule has 7 heteroatoms. The maximum absolute atomic E-state index is 14.4. The number of aliphatic hydroxyl groups is 1. The van der Waals surface area contributed by atoms with Gasteiger partial charge in [0.2, 0.25) is 0 Å². The standard InChI is InChI=1S/C14H20FN3O3/c1-9-8-21-11(7-19)6-18(9)5-10-3-2-4-12(13(10)15)14(16)17-20/h2-4,9,11,19-20H,5-8H2,1H3,(H2,16,17). The van der Waals surface area contributed by atoms with Crippen LogP contribution in [-0.4, -0.2) is 53.0 Å². The first kappa shape index (κ1) is 15.7. The molecular weight excluding hydrogens is 277 g/mol. The van der Waals surface area contributed by atoms with Gasteiger partial charge in [-0.25, -0.2) is 4.39 Å². The molecule has 1 aliphatic rings. The number of morpholine rings is 1. The summed E-state index contributed by atoms with van der Waals surface area (Å²) in [4.78, 5) is 2.04. The van der Waals surface area contributed by atoms with E-state index >= 15 is 0 Å². The van der Waals surface area contributed by atoms with Crippen LogP contribution in [0, 0.1) is 5.82 Å². The Labute approximate surface area is 122 Å². The van der Waals surface area contributed by atoms with Crippen molar-refractivity contribution in [3.63, 3.8) is 0 Å². The molecular formula is C14H20FN3O3. The van der Waals surface area contributed by atoms with Gasteiger partial charge in [-0.3, -0.25) is 4.90 Å². The van der Waals surface area contributed by atoms with E-state index in [-0.39, 0.29) is 30.2 Å². The third kappa shape index (κ3) is 3.49. The van der Waals surface area contributed by atoms with Gasteiger partial charge in [-0.05, 0) is 13.0 Å². The highest BCUT2D eigenvalue weighted by molar-refractivity contribution is 5.97. The number of rotatable bonds is 4. The van der Waals surface area contributed by atoms with Crippen molar-refractivity contribution < 1.29 is 19.4 Å². The van der Waals surface area contributed by atoms with E-state index in [4.69, 9.17) is 15.7 Å². The topological polar surface area (TPSA) is 91.3 Å². The molecule has 116 valence electrons. The zero-order valence-electron chi connectivity index (χ0n) is 11.9. The lowest BCUT2D eigenvalue weighted by Crippen LogP contribution is -2.49. The zero-order valence-corrected chi connectivity index (χ0v) is 11.9. The highest BCUT2D eigenvalue weighted by atomic mass is 19.1. The van der Waals surface area contributed by atoms with Crippen molar-refractivity contribution in [1.29, 1.82) is 0 Å². The van der Waals surface area contributed by atoms with Gasteiger partial charge < -0.3 is 20.8 Å². The van der Waals surface area contributed by atoms with E-state index in [9.17, 15) is 9.50 Å². The lowest BCUT2D eigenvalue weighted by Gasteiger charge is -2.37. The van der Waals surface area contributed by atoms with Crippen LogP contribution >= 0.6 is 0 Å². The van der Waals surface area contributed by atoms with Crippen LogP contribution in [0.2, 0.25) is 0 Å². The van der Waals surface area contributed by atoms with Gasteiger partial charge in [0.25, 0.3) is 0 Å². The summed E-state index contributed by atoms with van der Waals surface area (Å²) in [7, 11) is 0. The Morgan fingerprint density at radius 3 is 3.00 bits per heavy atom. The molecule has 6 nitrogen and oxygen atoms in total. The second-order valence-electron chi connectivity index (χ2n) is 5.18. The first-order valence-electron chi connectivity index (χ1n) is 6.78. The summed E-state index contributed by atoms with van der Waals surface area (Å²) in [6.07, 6.45) is -0.253. The molecule has 1 fully saturated rings. The van der Waals surface area contributed by atoms with Crippen LogP contribution in [0.25, 0.3) is 0 Å². The number of aliphatic hydroxyl groups excluding tert-OH is 1. The monoisotopic (exact) mass is 297 g/mol. The van der Waals surface area contributed by atoms with Crippen LogP contribution in [0.15, 0.2) is 23.4 Å². The van der Waals surface area contributed by atoms with Gasteiger partial charge in [0.1, 0.15) is 5.82 Å². The van der Waals surface area contributed by atoms with E-state index in [1.54, 1.807) is 12.1 Å². The highest BCUT2D eigenvalue weighted by Crippen LogP contribution is 2.19. The quantitative estimate of drug-likeness (QED) is 0.326. The minimum Gasteiger partial charge on any atom is -0.409 e. The average Bonchev–Trinajstić information content (AvgIpc) is 2.50. The number of benzene rings is 1. The molecule has 0 aliphatic carbocycles. The molecule has 0 saturated carbocycles. The maximum Gasteiger partial charge on any atom is 0.173 e. The van der Waals surface area contributed by atoms with Crippen molar-refractivity contribution in [3.05, 3.63) is 35.1 Å². The third-order valence-corrected chi connectivity index (χ3v) is 3.67. The van der Waals surface area contributed by atoms with Gasteiger partial charge in [0, 0.05) is 24.7 Å². The molecule has 1 aromatic carbocycles. The van der Waals surface area contributed by atoms with Gasteiger partial charge in [0.15, 0.2) is 5.84 Å². The van der Waals surface area contributed by atoms with E-state index < -0.39 is 5.82 Å². The summed E-state index contributed by atoms with van der Waals surface area (Å²) in [6.45, 7) is 3.33. The SMILES string of the molecule is CC1COC(CO)CN1Cc1cccc(/C(N)=N/O)c1F. The number of oxime groups is 1. The fourth-order valence-corrected chi connectivity index (χ4v) is 2.38. The Morgan fingerprint density at radius 1 is 1.57 bits per heavy atom. The number of hydrogen-bond acceptors (Lipinski definition) is 5. The third-order valence-electron chi connectivity index (χ3n) is 3.67. The molecule has 1 aliphatic heterocycles. The molecule has 0 spiro atoms. The Kier molecular flexibility index (Phi) is 5.11. The first-order chi connectivity index (χ1) is 10.1. The molecule has 0 radical (unpaired) electrons. The Morgan fingerprint density at radius 2 is 2.33 bits per heavy atom. The van der Waals surface area contributed by atoms with E-state index in [2.05, 4.69) is 5.16 Å². The van der Waals surface area contributed by atoms with E-state index in [1.807, 2.05) is 11.8 Å². The van der Waals surface area contributed by atoms with Crippen LogP contribution in [0.1, 0.15) is 18.1 Å². The fraction of sp³-hybridized carbons (Fsp3) is 0.500. The molecule has 4 N–H and O–H groups in total. The minimum absolute atomic E-state index is 0.0597. The molecule has 1 heterocycles.